The van der Waals surface area contributed by atoms with Crippen LogP contribution >= 0.6 is 15.9 Å². The van der Waals surface area contributed by atoms with Crippen molar-refractivity contribution in [2.45, 2.75) is 43.5 Å². The lowest BCUT2D eigenvalue weighted by atomic mass is 9.86. The highest BCUT2D eigenvalue weighted by molar-refractivity contribution is 9.09. The van der Waals surface area contributed by atoms with E-state index in [1.54, 1.807) is 0 Å². The molecule has 0 aliphatic heterocycles. The molecule has 0 heterocycles. The predicted octanol–water partition coefficient (Wildman–Crippen LogP) is 4.74. The highest BCUT2D eigenvalue weighted by Crippen LogP contribution is 2.39. The second-order valence-corrected chi connectivity index (χ2v) is 13.5. The van der Waals surface area contributed by atoms with Gasteiger partial charge in [0, 0.05) is 11.4 Å². The van der Waals surface area contributed by atoms with Crippen LogP contribution in [0.15, 0.2) is 60.7 Å². The molecule has 0 spiro atoms. The molecule has 24 heavy (non-hydrogen) atoms. The fourth-order valence-corrected chi connectivity index (χ4v) is 9.49. The standard InChI is InChI=1S/C21H27BrOSi/c1-21(2,3)24(19-10-6-4-7-11-19,20-12-8-5-9-13-20)23-16-17-14-18(22)15-17/h4-13,17-18H,14-16H2,1-3H3. The van der Waals surface area contributed by atoms with Gasteiger partial charge in [0.25, 0.3) is 8.32 Å². The zero-order chi connectivity index (χ0) is 17.2. The van der Waals surface area contributed by atoms with E-state index in [1.807, 2.05) is 0 Å². The van der Waals surface area contributed by atoms with Crippen molar-refractivity contribution in [1.82, 2.24) is 0 Å². The Morgan fingerprint density at radius 2 is 1.38 bits per heavy atom. The van der Waals surface area contributed by atoms with Gasteiger partial charge in [0.2, 0.25) is 0 Å². The third-order valence-corrected chi connectivity index (χ3v) is 10.9. The van der Waals surface area contributed by atoms with E-state index in [0.717, 1.165) is 6.61 Å². The summed E-state index contributed by atoms with van der Waals surface area (Å²) in [5, 5.41) is 2.82. The molecule has 1 aliphatic carbocycles. The lowest BCUT2D eigenvalue weighted by Gasteiger charge is -2.45. The molecule has 0 bridgehead atoms. The first kappa shape index (κ1) is 17.9. The Hall–Kier alpha value is -0.903. The highest BCUT2D eigenvalue weighted by atomic mass is 79.9. The van der Waals surface area contributed by atoms with Crippen molar-refractivity contribution >= 4 is 34.6 Å². The van der Waals surface area contributed by atoms with E-state index < -0.39 is 8.32 Å². The lowest BCUT2D eigenvalue weighted by molar-refractivity contribution is 0.178. The number of halogens is 1. The summed E-state index contributed by atoms with van der Waals surface area (Å²) in [6, 6.07) is 21.8. The normalized spacial score (nSPS) is 21.3. The third kappa shape index (κ3) is 3.40. The first-order valence-electron chi connectivity index (χ1n) is 8.82. The largest absolute Gasteiger partial charge is 0.407 e. The highest BCUT2D eigenvalue weighted by Gasteiger charge is 2.50. The second-order valence-electron chi connectivity index (χ2n) is 7.91. The Morgan fingerprint density at radius 1 is 0.917 bits per heavy atom. The van der Waals surface area contributed by atoms with Gasteiger partial charge in [-0.05, 0) is 34.2 Å². The van der Waals surface area contributed by atoms with Gasteiger partial charge >= 0.3 is 0 Å². The van der Waals surface area contributed by atoms with E-state index >= 15 is 0 Å². The van der Waals surface area contributed by atoms with Crippen LogP contribution in [0.4, 0.5) is 0 Å². The van der Waals surface area contributed by atoms with Crippen molar-refractivity contribution in [3.8, 4) is 0 Å². The van der Waals surface area contributed by atoms with Crippen molar-refractivity contribution in [2.24, 2.45) is 5.92 Å². The molecular weight excluding hydrogens is 376 g/mol. The van der Waals surface area contributed by atoms with Gasteiger partial charge in [-0.2, -0.15) is 0 Å². The molecule has 1 aliphatic rings. The number of benzene rings is 2. The first-order valence-corrected chi connectivity index (χ1v) is 11.6. The second kappa shape index (κ2) is 7.15. The van der Waals surface area contributed by atoms with Crippen molar-refractivity contribution in [2.75, 3.05) is 6.61 Å². The number of hydrogen-bond acceptors (Lipinski definition) is 1. The molecule has 0 N–H and O–H groups in total. The maximum Gasteiger partial charge on any atom is 0.261 e. The zero-order valence-corrected chi connectivity index (χ0v) is 17.4. The lowest BCUT2D eigenvalue weighted by Crippen LogP contribution is -2.67. The van der Waals surface area contributed by atoms with Crippen LogP contribution < -0.4 is 10.4 Å². The third-order valence-electron chi connectivity index (χ3n) is 5.13. The van der Waals surface area contributed by atoms with Gasteiger partial charge in [0.15, 0.2) is 0 Å². The first-order chi connectivity index (χ1) is 11.4. The van der Waals surface area contributed by atoms with Crippen molar-refractivity contribution in [3.63, 3.8) is 0 Å². The summed E-state index contributed by atoms with van der Waals surface area (Å²) < 4.78 is 6.94. The summed E-state index contributed by atoms with van der Waals surface area (Å²) in [7, 11) is -2.33. The molecule has 0 radical (unpaired) electrons. The minimum absolute atomic E-state index is 0.0766. The van der Waals surface area contributed by atoms with Gasteiger partial charge in [-0.3, -0.25) is 0 Å². The molecule has 2 aromatic carbocycles. The Kier molecular flexibility index (Phi) is 5.33. The molecule has 3 heteroatoms. The molecule has 0 aromatic heterocycles. The zero-order valence-electron chi connectivity index (χ0n) is 14.8. The van der Waals surface area contributed by atoms with Crippen LogP contribution in [0.25, 0.3) is 0 Å². The fourth-order valence-electron chi connectivity index (χ4n) is 3.79. The van der Waals surface area contributed by atoms with Crippen LogP contribution in [0, 0.1) is 5.92 Å². The Labute approximate surface area is 155 Å². The maximum atomic E-state index is 6.94. The summed E-state index contributed by atoms with van der Waals surface area (Å²) in [4.78, 5) is 0.685. The van der Waals surface area contributed by atoms with Gasteiger partial charge < -0.3 is 4.43 Å². The monoisotopic (exact) mass is 402 g/mol. The minimum atomic E-state index is -2.33. The number of alkyl halides is 1. The average molecular weight is 403 g/mol. The summed E-state index contributed by atoms with van der Waals surface area (Å²) in [6.07, 6.45) is 2.47. The van der Waals surface area contributed by atoms with Crippen molar-refractivity contribution < 1.29 is 4.43 Å². The van der Waals surface area contributed by atoms with Crippen molar-refractivity contribution in [1.29, 1.82) is 0 Å². The minimum Gasteiger partial charge on any atom is -0.407 e. The molecule has 3 rings (SSSR count). The summed E-state index contributed by atoms with van der Waals surface area (Å²) >= 11 is 3.71. The molecule has 1 fully saturated rings. The molecule has 2 aromatic rings. The molecule has 128 valence electrons. The number of rotatable bonds is 5. The average Bonchev–Trinajstić information content (AvgIpc) is 2.54. The summed E-state index contributed by atoms with van der Waals surface area (Å²) in [5.74, 6) is 0.691. The van der Waals surface area contributed by atoms with E-state index in [0.29, 0.717) is 10.7 Å². The molecule has 0 saturated heterocycles. The molecule has 0 atom stereocenters. The smallest absolute Gasteiger partial charge is 0.261 e. The Balaban J connectivity index is 2.03. The van der Waals surface area contributed by atoms with Gasteiger partial charge in [-0.25, -0.2) is 0 Å². The van der Waals surface area contributed by atoms with E-state index in [9.17, 15) is 0 Å². The number of hydrogen-bond donors (Lipinski definition) is 0. The summed E-state index contributed by atoms with van der Waals surface area (Å²) in [5.41, 5.74) is 0. The van der Waals surface area contributed by atoms with E-state index in [2.05, 4.69) is 97.4 Å². The SMILES string of the molecule is CC(C)(C)[Si](OCC1CC(Br)C1)(c1ccccc1)c1ccccc1. The molecule has 0 amide bonds. The summed E-state index contributed by atoms with van der Waals surface area (Å²) in [6.45, 7) is 7.89. The van der Waals surface area contributed by atoms with Gasteiger partial charge in [-0.1, -0.05) is 97.4 Å². The van der Waals surface area contributed by atoms with E-state index in [-0.39, 0.29) is 5.04 Å². The quantitative estimate of drug-likeness (QED) is 0.518. The Bertz CT molecular complexity index is 605. The predicted molar refractivity (Wildman–Crippen MR) is 109 cm³/mol. The molecule has 1 saturated carbocycles. The topological polar surface area (TPSA) is 9.23 Å². The van der Waals surface area contributed by atoms with Crippen LogP contribution in [0.3, 0.4) is 0 Å². The maximum absolute atomic E-state index is 6.94. The van der Waals surface area contributed by atoms with E-state index in [4.69, 9.17) is 4.43 Å². The molecular formula is C21H27BrOSi. The van der Waals surface area contributed by atoms with Crippen LogP contribution in [-0.4, -0.2) is 19.8 Å². The molecule has 0 unspecified atom stereocenters. The van der Waals surface area contributed by atoms with Crippen LogP contribution in [0.1, 0.15) is 33.6 Å². The van der Waals surface area contributed by atoms with Gasteiger partial charge in [-0.15, -0.1) is 0 Å². The van der Waals surface area contributed by atoms with E-state index in [1.165, 1.54) is 23.2 Å². The fraction of sp³-hybridized carbons (Fsp3) is 0.429. The van der Waals surface area contributed by atoms with Crippen LogP contribution in [-0.2, 0) is 4.43 Å². The van der Waals surface area contributed by atoms with Gasteiger partial charge in [0.1, 0.15) is 0 Å². The molecule has 1 nitrogen and oxygen atoms in total. The Morgan fingerprint density at radius 3 is 1.75 bits per heavy atom. The van der Waals surface area contributed by atoms with Crippen molar-refractivity contribution in [3.05, 3.63) is 60.7 Å². The van der Waals surface area contributed by atoms with Crippen LogP contribution in [0.5, 0.6) is 0 Å². The van der Waals surface area contributed by atoms with Crippen LogP contribution in [0.2, 0.25) is 5.04 Å². The van der Waals surface area contributed by atoms with Gasteiger partial charge in [0.05, 0.1) is 0 Å².